The third kappa shape index (κ3) is 4.66. The Morgan fingerprint density at radius 1 is 1.22 bits per heavy atom. The Hall–Kier alpha value is -1.55. The van der Waals surface area contributed by atoms with Gasteiger partial charge in [0, 0.05) is 69.0 Å². The van der Waals surface area contributed by atoms with E-state index < -0.39 is 0 Å². The molecule has 0 unspecified atom stereocenters. The Bertz CT molecular complexity index is 725. The number of anilines is 1. The van der Waals surface area contributed by atoms with Gasteiger partial charge >= 0.3 is 0 Å². The third-order valence-electron chi connectivity index (χ3n) is 5.37. The number of nitrogens with one attached hydrogen (secondary N) is 1. The Labute approximate surface area is 164 Å². The molecule has 2 aromatic rings. The highest BCUT2D eigenvalue weighted by Crippen LogP contribution is 2.29. The zero-order chi connectivity index (χ0) is 18.6. The fourth-order valence-electron chi connectivity index (χ4n) is 3.93. The van der Waals surface area contributed by atoms with Crippen LogP contribution in [0.3, 0.4) is 0 Å². The lowest BCUT2D eigenvalue weighted by molar-refractivity contribution is 0.0339. The summed E-state index contributed by atoms with van der Waals surface area (Å²) in [5.74, 6) is 1.44. The number of piperidine rings is 1. The molecule has 2 aromatic heterocycles. The lowest BCUT2D eigenvalue weighted by Crippen LogP contribution is -2.37. The molecule has 2 aliphatic rings. The van der Waals surface area contributed by atoms with Crippen LogP contribution in [-0.2, 0) is 17.8 Å². The summed E-state index contributed by atoms with van der Waals surface area (Å²) >= 11 is 1.47. The van der Waals surface area contributed by atoms with Gasteiger partial charge in [-0.25, -0.2) is 4.98 Å². The van der Waals surface area contributed by atoms with Gasteiger partial charge in [-0.05, 0) is 19.4 Å². The Morgan fingerprint density at radius 2 is 2.07 bits per heavy atom. The summed E-state index contributed by atoms with van der Waals surface area (Å²) in [6, 6.07) is 0. The monoisotopic (exact) mass is 391 g/mol. The molecule has 0 aliphatic carbocycles. The van der Waals surface area contributed by atoms with Crippen LogP contribution in [0.15, 0.2) is 6.20 Å². The molecule has 2 fully saturated rings. The van der Waals surface area contributed by atoms with Crippen molar-refractivity contribution in [2.24, 2.45) is 0 Å². The van der Waals surface area contributed by atoms with Crippen LogP contribution < -0.4 is 4.90 Å². The molecule has 0 saturated carbocycles. The van der Waals surface area contributed by atoms with E-state index >= 15 is 0 Å². The lowest BCUT2D eigenvalue weighted by atomic mass is 9.92. The van der Waals surface area contributed by atoms with Crippen LogP contribution in [0.1, 0.15) is 35.8 Å². The van der Waals surface area contributed by atoms with Gasteiger partial charge in [-0.1, -0.05) is 0 Å². The average molecular weight is 392 g/mol. The minimum absolute atomic E-state index is 0.504. The van der Waals surface area contributed by atoms with E-state index in [1.807, 2.05) is 25.2 Å². The van der Waals surface area contributed by atoms with Crippen LogP contribution in [0.25, 0.3) is 0 Å². The number of aromatic amines is 1. The van der Waals surface area contributed by atoms with Crippen LogP contribution in [0.4, 0.5) is 5.13 Å². The predicted octanol–water partition coefficient (Wildman–Crippen LogP) is 1.54. The Morgan fingerprint density at radius 3 is 2.85 bits per heavy atom. The number of nitrogens with zero attached hydrogens (tertiary/aromatic N) is 6. The number of hydrogen-bond donors (Lipinski definition) is 1. The zero-order valence-corrected chi connectivity index (χ0v) is 17.0. The summed E-state index contributed by atoms with van der Waals surface area (Å²) in [6.07, 6.45) is 4.42. The quantitative estimate of drug-likeness (QED) is 0.801. The van der Waals surface area contributed by atoms with Crippen LogP contribution >= 0.6 is 11.5 Å². The summed E-state index contributed by atoms with van der Waals surface area (Å²) in [7, 11) is 4.02. The first kappa shape index (κ1) is 18.8. The van der Waals surface area contributed by atoms with Gasteiger partial charge in [-0.15, -0.1) is 0 Å². The first-order valence-electron chi connectivity index (χ1n) is 9.73. The second-order valence-corrected chi connectivity index (χ2v) is 8.39. The highest BCUT2D eigenvalue weighted by Gasteiger charge is 2.26. The smallest absolute Gasteiger partial charge is 0.204 e. The van der Waals surface area contributed by atoms with Gasteiger partial charge in [0.25, 0.3) is 0 Å². The standard InChI is InChI=1S/C18H29N7OS/c1-23(2)18-20-16(22-27-18)13-25-5-3-4-14(11-25)17-15(10-19-21-17)12-24-6-8-26-9-7-24/h10,14H,3-9,11-13H2,1-2H3,(H,19,21)/t14-/m1/s1. The van der Waals surface area contributed by atoms with Gasteiger partial charge in [0.05, 0.1) is 26.0 Å². The number of morpholine rings is 1. The van der Waals surface area contributed by atoms with Crippen molar-refractivity contribution < 1.29 is 4.74 Å². The molecule has 1 atom stereocenters. The van der Waals surface area contributed by atoms with Crippen molar-refractivity contribution in [3.05, 3.63) is 23.3 Å². The number of aromatic nitrogens is 4. The van der Waals surface area contributed by atoms with E-state index in [2.05, 4.69) is 29.4 Å². The molecular formula is C18H29N7OS. The van der Waals surface area contributed by atoms with Gasteiger partial charge in [0.1, 0.15) is 0 Å². The van der Waals surface area contributed by atoms with Crippen molar-refractivity contribution in [2.75, 3.05) is 58.4 Å². The summed E-state index contributed by atoms with van der Waals surface area (Å²) in [6.45, 7) is 7.62. The van der Waals surface area contributed by atoms with Crippen molar-refractivity contribution in [2.45, 2.75) is 31.8 Å². The molecule has 2 aliphatic heterocycles. The molecule has 0 radical (unpaired) electrons. The van der Waals surface area contributed by atoms with E-state index in [4.69, 9.17) is 4.74 Å². The van der Waals surface area contributed by atoms with Crippen LogP contribution in [0.2, 0.25) is 0 Å². The highest BCUT2D eigenvalue weighted by molar-refractivity contribution is 7.09. The van der Waals surface area contributed by atoms with E-state index in [0.717, 1.165) is 63.4 Å². The SMILES string of the molecule is CN(C)c1nc(CN2CCC[C@@H](c3[nH]ncc3CN3CCOCC3)C2)ns1. The third-order valence-corrected chi connectivity index (χ3v) is 6.29. The van der Waals surface area contributed by atoms with Crippen molar-refractivity contribution in [1.29, 1.82) is 0 Å². The molecule has 2 saturated heterocycles. The van der Waals surface area contributed by atoms with Crippen LogP contribution in [0.5, 0.6) is 0 Å². The first-order chi connectivity index (χ1) is 13.2. The average Bonchev–Trinajstić information content (AvgIpc) is 3.32. The van der Waals surface area contributed by atoms with E-state index in [1.54, 1.807) is 0 Å². The minimum Gasteiger partial charge on any atom is -0.379 e. The van der Waals surface area contributed by atoms with E-state index in [9.17, 15) is 0 Å². The molecule has 8 nitrogen and oxygen atoms in total. The molecule has 27 heavy (non-hydrogen) atoms. The minimum atomic E-state index is 0.504. The van der Waals surface area contributed by atoms with Crippen LogP contribution in [-0.4, -0.2) is 82.8 Å². The van der Waals surface area contributed by atoms with Gasteiger partial charge in [0.2, 0.25) is 5.13 Å². The number of rotatable bonds is 6. The van der Waals surface area contributed by atoms with Crippen molar-refractivity contribution in [1.82, 2.24) is 29.4 Å². The normalized spacial score (nSPS) is 22.2. The first-order valence-corrected chi connectivity index (χ1v) is 10.5. The van der Waals surface area contributed by atoms with Crippen molar-refractivity contribution in [3.8, 4) is 0 Å². The molecule has 0 amide bonds. The van der Waals surface area contributed by atoms with E-state index in [0.29, 0.717) is 5.92 Å². The summed E-state index contributed by atoms with van der Waals surface area (Å²) in [5.41, 5.74) is 2.65. The second kappa shape index (κ2) is 8.64. The number of H-pyrrole nitrogens is 1. The van der Waals surface area contributed by atoms with Crippen LogP contribution in [0, 0.1) is 0 Å². The summed E-state index contributed by atoms with van der Waals surface area (Å²) < 4.78 is 9.99. The fourth-order valence-corrected chi connectivity index (χ4v) is 4.52. The van der Waals surface area contributed by atoms with Gasteiger partial charge < -0.3 is 9.64 Å². The summed E-state index contributed by atoms with van der Waals surface area (Å²) in [5, 5.41) is 8.63. The van der Waals surface area contributed by atoms with E-state index in [-0.39, 0.29) is 0 Å². The molecule has 4 rings (SSSR count). The Balaban J connectivity index is 1.38. The van der Waals surface area contributed by atoms with E-state index in [1.165, 1.54) is 35.6 Å². The zero-order valence-electron chi connectivity index (χ0n) is 16.2. The van der Waals surface area contributed by atoms with Crippen molar-refractivity contribution >= 4 is 16.7 Å². The molecule has 0 aromatic carbocycles. The maximum absolute atomic E-state index is 5.47. The molecule has 1 N–H and O–H groups in total. The fraction of sp³-hybridized carbons (Fsp3) is 0.722. The molecular weight excluding hydrogens is 362 g/mol. The summed E-state index contributed by atoms with van der Waals surface area (Å²) in [4.78, 5) is 11.6. The van der Waals surface area contributed by atoms with Gasteiger partial charge in [-0.3, -0.25) is 14.9 Å². The predicted molar refractivity (Wildman–Crippen MR) is 106 cm³/mol. The molecule has 4 heterocycles. The maximum atomic E-state index is 5.47. The lowest BCUT2D eigenvalue weighted by Gasteiger charge is -2.32. The maximum Gasteiger partial charge on any atom is 0.204 e. The molecule has 9 heteroatoms. The largest absolute Gasteiger partial charge is 0.379 e. The molecule has 0 bridgehead atoms. The van der Waals surface area contributed by atoms with Gasteiger partial charge in [-0.2, -0.15) is 9.47 Å². The topological polar surface area (TPSA) is 73.4 Å². The number of hydrogen-bond acceptors (Lipinski definition) is 8. The molecule has 148 valence electrons. The van der Waals surface area contributed by atoms with Crippen molar-refractivity contribution in [3.63, 3.8) is 0 Å². The number of ether oxygens (including phenoxy) is 1. The molecule has 0 spiro atoms. The Kier molecular flexibility index (Phi) is 6.01. The second-order valence-electron chi connectivity index (χ2n) is 7.66. The highest BCUT2D eigenvalue weighted by atomic mass is 32.1. The number of likely N-dealkylation sites (tertiary alicyclic amines) is 1. The van der Waals surface area contributed by atoms with Gasteiger partial charge in [0.15, 0.2) is 5.82 Å².